The van der Waals surface area contributed by atoms with Crippen molar-refractivity contribution < 1.29 is 9.53 Å². The summed E-state index contributed by atoms with van der Waals surface area (Å²) in [5.74, 6) is 1.73. The van der Waals surface area contributed by atoms with E-state index in [0.717, 1.165) is 50.2 Å². The molecule has 30 heavy (non-hydrogen) atoms. The summed E-state index contributed by atoms with van der Waals surface area (Å²) in [7, 11) is 1.68. The number of piperidine rings is 1. The van der Waals surface area contributed by atoms with Gasteiger partial charge in [-0.2, -0.15) is 0 Å². The molecule has 0 saturated carbocycles. The number of rotatable bonds is 6. The highest BCUT2D eigenvalue weighted by atomic mass is 16.5. The van der Waals surface area contributed by atoms with Gasteiger partial charge in [-0.05, 0) is 61.5 Å². The van der Waals surface area contributed by atoms with Crippen molar-refractivity contribution in [2.75, 3.05) is 26.7 Å². The predicted octanol–water partition coefficient (Wildman–Crippen LogP) is 4.51. The van der Waals surface area contributed by atoms with Gasteiger partial charge in [-0.1, -0.05) is 54.6 Å². The Bertz CT molecular complexity index is 856. The Kier molecular flexibility index (Phi) is 6.85. The smallest absolute Gasteiger partial charge is 0.226 e. The Morgan fingerprint density at radius 2 is 1.70 bits per heavy atom. The lowest BCUT2D eigenvalue weighted by Crippen LogP contribution is -2.42. The molecule has 0 aliphatic carbocycles. The van der Waals surface area contributed by atoms with Gasteiger partial charge in [0.2, 0.25) is 5.91 Å². The molecular formula is C26H32N2O2. The zero-order valence-electron chi connectivity index (χ0n) is 17.9. The number of hydrogen-bond donors (Lipinski definition) is 0. The van der Waals surface area contributed by atoms with Crippen molar-refractivity contribution in [1.29, 1.82) is 0 Å². The molecule has 0 aromatic heterocycles. The molecule has 0 bridgehead atoms. The van der Waals surface area contributed by atoms with Crippen LogP contribution in [0.3, 0.4) is 0 Å². The molecule has 1 atom stereocenters. The third kappa shape index (κ3) is 5.11. The van der Waals surface area contributed by atoms with Gasteiger partial charge in [0.1, 0.15) is 5.75 Å². The molecule has 2 aliphatic rings. The fourth-order valence-corrected chi connectivity index (χ4v) is 4.75. The Morgan fingerprint density at radius 1 is 0.933 bits per heavy atom. The molecule has 2 aromatic rings. The van der Waals surface area contributed by atoms with E-state index in [9.17, 15) is 4.79 Å². The lowest BCUT2D eigenvalue weighted by Gasteiger charge is -2.36. The second kappa shape index (κ2) is 9.94. The quantitative estimate of drug-likeness (QED) is 0.664. The van der Waals surface area contributed by atoms with Crippen molar-refractivity contribution in [3.8, 4) is 5.75 Å². The maximum atomic E-state index is 13.4. The number of carbonyl (C=O) groups is 1. The molecule has 1 fully saturated rings. The highest BCUT2D eigenvalue weighted by molar-refractivity contribution is 5.80. The van der Waals surface area contributed by atoms with Crippen molar-refractivity contribution in [2.24, 2.45) is 11.8 Å². The largest absolute Gasteiger partial charge is 0.497 e. The van der Waals surface area contributed by atoms with Gasteiger partial charge >= 0.3 is 0 Å². The lowest BCUT2D eigenvalue weighted by atomic mass is 9.81. The molecule has 4 rings (SSSR count). The number of hydrogen-bond acceptors (Lipinski definition) is 3. The average molecular weight is 405 g/mol. The minimum Gasteiger partial charge on any atom is -0.497 e. The molecule has 2 aromatic carbocycles. The van der Waals surface area contributed by atoms with E-state index < -0.39 is 0 Å². The highest BCUT2D eigenvalue weighted by Gasteiger charge is 2.34. The normalized spacial score (nSPS) is 20.9. The van der Waals surface area contributed by atoms with E-state index in [2.05, 4.69) is 53.5 Å². The Labute approximate surface area is 180 Å². The first kappa shape index (κ1) is 20.7. The Hall–Kier alpha value is -2.59. The first-order valence-electron chi connectivity index (χ1n) is 11.1. The third-order valence-electron chi connectivity index (χ3n) is 6.47. The summed E-state index contributed by atoms with van der Waals surface area (Å²) in [6.07, 6.45) is 7.44. The number of carbonyl (C=O) groups excluding carboxylic acids is 1. The fraction of sp³-hybridized carbons (Fsp3) is 0.423. The van der Waals surface area contributed by atoms with Crippen molar-refractivity contribution in [3.63, 3.8) is 0 Å². The van der Waals surface area contributed by atoms with Gasteiger partial charge in [0.15, 0.2) is 0 Å². The van der Waals surface area contributed by atoms with Gasteiger partial charge in [0.05, 0.1) is 7.11 Å². The minimum atomic E-state index is 0.105. The number of likely N-dealkylation sites (tertiary alicyclic amines) is 1. The number of amides is 1. The van der Waals surface area contributed by atoms with Crippen LogP contribution in [0.2, 0.25) is 0 Å². The van der Waals surface area contributed by atoms with E-state index in [1.807, 2.05) is 23.1 Å². The summed E-state index contributed by atoms with van der Waals surface area (Å²) in [5, 5.41) is 0. The van der Waals surface area contributed by atoms with Gasteiger partial charge in [0, 0.05) is 25.6 Å². The molecule has 0 N–H and O–H groups in total. The fourth-order valence-electron chi connectivity index (χ4n) is 4.75. The van der Waals surface area contributed by atoms with Crippen LogP contribution in [0.15, 0.2) is 66.7 Å². The topological polar surface area (TPSA) is 32.8 Å². The molecule has 4 heteroatoms. The minimum absolute atomic E-state index is 0.105. The maximum Gasteiger partial charge on any atom is 0.226 e. The second-order valence-corrected chi connectivity index (χ2v) is 8.48. The van der Waals surface area contributed by atoms with Crippen molar-refractivity contribution in [3.05, 3.63) is 77.9 Å². The molecule has 1 saturated heterocycles. The number of allylic oxidation sites excluding steroid dienone is 1. The van der Waals surface area contributed by atoms with Crippen LogP contribution in [0.4, 0.5) is 0 Å². The number of ether oxygens (including phenoxy) is 1. The van der Waals surface area contributed by atoms with Crippen LogP contribution in [0.5, 0.6) is 5.75 Å². The third-order valence-corrected chi connectivity index (χ3v) is 6.47. The van der Waals surface area contributed by atoms with E-state index in [1.165, 1.54) is 5.56 Å². The highest BCUT2D eigenvalue weighted by Crippen LogP contribution is 2.31. The first-order valence-corrected chi connectivity index (χ1v) is 11.1. The van der Waals surface area contributed by atoms with Crippen LogP contribution in [-0.2, 0) is 17.9 Å². The molecule has 0 spiro atoms. The molecular weight excluding hydrogens is 372 g/mol. The molecule has 0 radical (unpaired) electrons. The van der Waals surface area contributed by atoms with Crippen molar-refractivity contribution >= 4 is 5.91 Å². The molecule has 0 unspecified atom stereocenters. The SMILES string of the molecule is COc1cccc(CN2CC=CC[C@@H](C3CCN(Cc4ccccc4)CC3)C2=O)c1. The summed E-state index contributed by atoms with van der Waals surface area (Å²) >= 11 is 0. The number of methoxy groups -OCH3 is 1. The van der Waals surface area contributed by atoms with E-state index in [4.69, 9.17) is 4.74 Å². The van der Waals surface area contributed by atoms with Gasteiger partial charge < -0.3 is 9.64 Å². The average Bonchev–Trinajstić information content (AvgIpc) is 2.97. The van der Waals surface area contributed by atoms with Crippen LogP contribution in [0.25, 0.3) is 0 Å². The van der Waals surface area contributed by atoms with Gasteiger partial charge in [-0.3, -0.25) is 9.69 Å². The number of benzene rings is 2. The predicted molar refractivity (Wildman–Crippen MR) is 120 cm³/mol. The standard InChI is InChI=1S/C26H32N2O2/c1-30-24-11-7-10-22(18-24)20-28-15-6-5-12-25(26(28)29)23-13-16-27(17-14-23)19-21-8-3-2-4-9-21/h2-11,18,23,25H,12-17,19-20H2,1H3/t25-/m0/s1. The van der Waals surface area contributed by atoms with Crippen LogP contribution in [0, 0.1) is 11.8 Å². The molecule has 158 valence electrons. The van der Waals surface area contributed by atoms with E-state index in [0.29, 0.717) is 24.9 Å². The molecule has 4 nitrogen and oxygen atoms in total. The summed E-state index contributed by atoms with van der Waals surface area (Å²) in [5.41, 5.74) is 2.49. The van der Waals surface area contributed by atoms with Gasteiger partial charge in [-0.15, -0.1) is 0 Å². The van der Waals surface area contributed by atoms with E-state index in [-0.39, 0.29) is 5.92 Å². The first-order chi connectivity index (χ1) is 14.7. The van der Waals surface area contributed by atoms with Gasteiger partial charge in [-0.25, -0.2) is 0 Å². The van der Waals surface area contributed by atoms with E-state index >= 15 is 0 Å². The number of nitrogens with zero attached hydrogens (tertiary/aromatic N) is 2. The summed E-state index contributed by atoms with van der Waals surface area (Å²) in [6, 6.07) is 18.7. The monoisotopic (exact) mass is 404 g/mol. The Balaban J connectivity index is 1.36. The molecule has 1 amide bonds. The van der Waals surface area contributed by atoms with Crippen LogP contribution in [-0.4, -0.2) is 42.5 Å². The molecule has 2 aliphatic heterocycles. The van der Waals surface area contributed by atoms with Crippen molar-refractivity contribution in [2.45, 2.75) is 32.4 Å². The maximum absolute atomic E-state index is 13.4. The summed E-state index contributed by atoms with van der Waals surface area (Å²) in [6.45, 7) is 4.49. The summed E-state index contributed by atoms with van der Waals surface area (Å²) in [4.78, 5) is 18.0. The summed E-state index contributed by atoms with van der Waals surface area (Å²) < 4.78 is 5.34. The van der Waals surface area contributed by atoms with Crippen molar-refractivity contribution in [1.82, 2.24) is 9.80 Å². The zero-order valence-corrected chi connectivity index (χ0v) is 17.9. The second-order valence-electron chi connectivity index (χ2n) is 8.48. The van der Waals surface area contributed by atoms with Crippen LogP contribution >= 0.6 is 0 Å². The van der Waals surface area contributed by atoms with E-state index in [1.54, 1.807) is 7.11 Å². The van der Waals surface area contributed by atoms with Crippen LogP contribution < -0.4 is 4.74 Å². The molecule has 2 heterocycles. The van der Waals surface area contributed by atoms with Gasteiger partial charge in [0.25, 0.3) is 0 Å². The lowest BCUT2D eigenvalue weighted by molar-refractivity contribution is -0.137. The zero-order chi connectivity index (χ0) is 20.8. The van der Waals surface area contributed by atoms with Crippen LogP contribution in [0.1, 0.15) is 30.4 Å². The Morgan fingerprint density at radius 3 is 2.47 bits per heavy atom.